The van der Waals surface area contributed by atoms with E-state index >= 15 is 0 Å². The van der Waals surface area contributed by atoms with Gasteiger partial charge in [-0.25, -0.2) is 4.98 Å². The average Bonchev–Trinajstić information content (AvgIpc) is 2.73. The summed E-state index contributed by atoms with van der Waals surface area (Å²) in [6.45, 7) is 0.588. The Kier molecular flexibility index (Phi) is 3.18. The van der Waals surface area contributed by atoms with Gasteiger partial charge >= 0.3 is 0 Å². The molecule has 0 saturated carbocycles. The van der Waals surface area contributed by atoms with Gasteiger partial charge in [-0.05, 0) is 11.6 Å². The van der Waals surface area contributed by atoms with Crippen molar-refractivity contribution in [3.63, 3.8) is 0 Å². The third-order valence-corrected chi connectivity index (χ3v) is 3.29. The van der Waals surface area contributed by atoms with Crippen molar-refractivity contribution in [3.05, 3.63) is 29.3 Å². The minimum atomic E-state index is -0.320. The number of alkyl halides is 1. The Morgan fingerprint density at radius 3 is 3.27 bits per heavy atom. The van der Waals surface area contributed by atoms with Gasteiger partial charge < -0.3 is 4.74 Å². The van der Waals surface area contributed by atoms with Crippen LogP contribution >= 0.6 is 22.9 Å². The van der Waals surface area contributed by atoms with Crippen molar-refractivity contribution in [1.82, 2.24) is 4.98 Å². The number of hydrogen-bond donors (Lipinski definition) is 0. The molecule has 0 radical (unpaired) electrons. The van der Waals surface area contributed by atoms with Gasteiger partial charge in [0.25, 0.3) is 6.47 Å². The number of benzene rings is 1. The molecule has 1 aromatic carbocycles. The quantitative estimate of drug-likeness (QED) is 0.610. The van der Waals surface area contributed by atoms with Gasteiger partial charge in [0.15, 0.2) is 0 Å². The van der Waals surface area contributed by atoms with Crippen molar-refractivity contribution in [1.29, 1.82) is 0 Å². The second-order valence-corrected chi connectivity index (χ2v) is 4.33. The van der Waals surface area contributed by atoms with E-state index in [1.807, 2.05) is 18.2 Å². The molecular formula is C10H8ClNO2S. The van der Waals surface area contributed by atoms with Crippen LogP contribution in [0, 0.1) is 0 Å². The van der Waals surface area contributed by atoms with Crippen LogP contribution in [0.3, 0.4) is 0 Å². The first-order valence-corrected chi connectivity index (χ1v) is 5.66. The predicted octanol–water partition coefficient (Wildman–Crippen LogP) is 2.75. The minimum Gasteiger partial charge on any atom is -0.466 e. The van der Waals surface area contributed by atoms with Gasteiger partial charge in [0, 0.05) is 0 Å². The van der Waals surface area contributed by atoms with Gasteiger partial charge in [0.1, 0.15) is 6.61 Å². The van der Waals surface area contributed by atoms with Crippen LogP contribution in [0.25, 0.3) is 10.2 Å². The summed E-state index contributed by atoms with van der Waals surface area (Å²) in [6.07, 6.45) is 0. The van der Waals surface area contributed by atoms with Gasteiger partial charge in [0.05, 0.1) is 21.1 Å². The van der Waals surface area contributed by atoms with E-state index in [0.29, 0.717) is 6.47 Å². The average molecular weight is 242 g/mol. The Morgan fingerprint density at radius 1 is 1.60 bits per heavy atom. The standard InChI is InChI=1S/C10H8ClNO2S/c11-8(4-14-6-13)7-2-1-3-9-10(7)15-5-12-9/h1-3,5-6,8H,4H2. The first-order valence-electron chi connectivity index (χ1n) is 4.34. The molecule has 0 N–H and O–H groups in total. The summed E-state index contributed by atoms with van der Waals surface area (Å²) in [5.41, 5.74) is 3.66. The Balaban J connectivity index is 2.33. The molecule has 3 nitrogen and oxygen atoms in total. The molecule has 2 rings (SSSR count). The molecule has 5 heteroatoms. The molecule has 0 amide bonds. The number of halogens is 1. The molecule has 1 aromatic heterocycles. The number of carbonyl (C=O) groups excluding carboxylic acids is 1. The lowest BCUT2D eigenvalue weighted by molar-refractivity contribution is -0.128. The zero-order chi connectivity index (χ0) is 10.7. The molecule has 0 aliphatic rings. The van der Waals surface area contributed by atoms with Crippen molar-refractivity contribution in [2.45, 2.75) is 5.38 Å². The Hall–Kier alpha value is -1.13. The number of nitrogens with zero attached hydrogens (tertiary/aromatic N) is 1. The fourth-order valence-corrected chi connectivity index (χ4v) is 2.55. The Labute approximate surface area is 95.6 Å². The molecule has 0 aliphatic heterocycles. The molecule has 0 bridgehead atoms. The fourth-order valence-electron chi connectivity index (χ4n) is 1.37. The second kappa shape index (κ2) is 4.59. The molecule has 0 aliphatic carbocycles. The molecule has 0 fully saturated rings. The highest BCUT2D eigenvalue weighted by atomic mass is 35.5. The second-order valence-electron chi connectivity index (χ2n) is 2.94. The maximum Gasteiger partial charge on any atom is 0.293 e. The van der Waals surface area contributed by atoms with Crippen LogP contribution in [0.1, 0.15) is 10.9 Å². The van der Waals surface area contributed by atoms with Gasteiger partial charge in [-0.15, -0.1) is 22.9 Å². The molecule has 1 atom stereocenters. The normalized spacial score (nSPS) is 12.6. The summed E-state index contributed by atoms with van der Waals surface area (Å²) < 4.78 is 5.70. The van der Waals surface area contributed by atoms with Crippen molar-refractivity contribution in [2.75, 3.05) is 6.61 Å². The van der Waals surface area contributed by atoms with E-state index in [9.17, 15) is 4.79 Å². The molecular weight excluding hydrogens is 234 g/mol. The van der Waals surface area contributed by atoms with Crippen molar-refractivity contribution in [2.24, 2.45) is 0 Å². The van der Waals surface area contributed by atoms with E-state index in [-0.39, 0.29) is 12.0 Å². The van der Waals surface area contributed by atoms with Gasteiger partial charge in [-0.2, -0.15) is 0 Å². The van der Waals surface area contributed by atoms with Crippen LogP contribution in [0.5, 0.6) is 0 Å². The Morgan fingerprint density at radius 2 is 2.47 bits per heavy atom. The smallest absolute Gasteiger partial charge is 0.293 e. The SMILES string of the molecule is O=COCC(Cl)c1cccc2ncsc12. The van der Waals surface area contributed by atoms with Crippen LogP contribution in [-0.4, -0.2) is 18.1 Å². The lowest BCUT2D eigenvalue weighted by Gasteiger charge is -2.08. The van der Waals surface area contributed by atoms with E-state index in [2.05, 4.69) is 9.72 Å². The number of hydrogen-bond acceptors (Lipinski definition) is 4. The van der Waals surface area contributed by atoms with Crippen LogP contribution in [0.2, 0.25) is 0 Å². The Bertz CT molecular complexity index is 471. The number of aromatic nitrogens is 1. The van der Waals surface area contributed by atoms with Crippen LogP contribution in [-0.2, 0) is 9.53 Å². The minimum absolute atomic E-state index is 0.183. The topological polar surface area (TPSA) is 39.2 Å². The lowest BCUT2D eigenvalue weighted by Crippen LogP contribution is -2.00. The summed E-state index contributed by atoms with van der Waals surface area (Å²) in [5, 5.41) is -0.320. The van der Waals surface area contributed by atoms with E-state index in [1.54, 1.807) is 5.51 Å². The monoisotopic (exact) mass is 241 g/mol. The number of thiazole rings is 1. The van der Waals surface area contributed by atoms with Crippen LogP contribution in [0.15, 0.2) is 23.7 Å². The van der Waals surface area contributed by atoms with Gasteiger partial charge in [-0.3, -0.25) is 4.79 Å². The lowest BCUT2D eigenvalue weighted by atomic mass is 10.1. The number of ether oxygens (including phenoxy) is 1. The molecule has 0 saturated heterocycles. The van der Waals surface area contributed by atoms with E-state index < -0.39 is 0 Å². The molecule has 78 valence electrons. The van der Waals surface area contributed by atoms with Crippen molar-refractivity contribution < 1.29 is 9.53 Å². The summed E-state index contributed by atoms with van der Waals surface area (Å²) in [7, 11) is 0. The zero-order valence-electron chi connectivity index (χ0n) is 7.72. The van der Waals surface area contributed by atoms with Gasteiger partial charge in [-0.1, -0.05) is 12.1 Å². The molecule has 2 aromatic rings. The van der Waals surface area contributed by atoms with E-state index in [0.717, 1.165) is 15.8 Å². The van der Waals surface area contributed by atoms with Gasteiger partial charge in [0.2, 0.25) is 0 Å². The third kappa shape index (κ3) is 2.11. The summed E-state index contributed by atoms with van der Waals surface area (Å²) in [5.74, 6) is 0. The fraction of sp³-hybridized carbons (Fsp3) is 0.200. The summed E-state index contributed by atoms with van der Waals surface area (Å²) >= 11 is 7.65. The highest BCUT2D eigenvalue weighted by Crippen LogP contribution is 2.30. The largest absolute Gasteiger partial charge is 0.466 e. The first kappa shape index (κ1) is 10.4. The van der Waals surface area contributed by atoms with Crippen LogP contribution < -0.4 is 0 Å². The first-order chi connectivity index (χ1) is 7.33. The summed E-state index contributed by atoms with van der Waals surface area (Å²) in [4.78, 5) is 14.3. The number of carbonyl (C=O) groups is 1. The molecule has 1 heterocycles. The summed E-state index contributed by atoms with van der Waals surface area (Å²) in [6, 6.07) is 5.75. The zero-order valence-corrected chi connectivity index (χ0v) is 9.29. The third-order valence-electron chi connectivity index (χ3n) is 2.04. The maximum atomic E-state index is 10.1. The highest BCUT2D eigenvalue weighted by molar-refractivity contribution is 7.17. The number of rotatable bonds is 4. The van der Waals surface area contributed by atoms with Crippen molar-refractivity contribution in [3.8, 4) is 0 Å². The highest BCUT2D eigenvalue weighted by Gasteiger charge is 2.13. The van der Waals surface area contributed by atoms with E-state index in [1.165, 1.54) is 11.3 Å². The molecule has 1 unspecified atom stereocenters. The maximum absolute atomic E-state index is 10.1. The predicted molar refractivity (Wildman–Crippen MR) is 60.2 cm³/mol. The molecule has 0 spiro atoms. The van der Waals surface area contributed by atoms with Crippen LogP contribution in [0.4, 0.5) is 0 Å². The number of fused-ring (bicyclic) bond motifs is 1. The molecule has 15 heavy (non-hydrogen) atoms. The van der Waals surface area contributed by atoms with E-state index in [4.69, 9.17) is 11.6 Å². The van der Waals surface area contributed by atoms with Crippen molar-refractivity contribution >= 4 is 39.6 Å².